The highest BCUT2D eigenvalue weighted by molar-refractivity contribution is 8.26. The fraction of sp³-hybridized carbons (Fsp3) is 0.118. The molecule has 1 fully saturated rings. The molecule has 0 saturated carbocycles. The van der Waals surface area contributed by atoms with Crippen molar-refractivity contribution in [3.8, 4) is 0 Å². The highest BCUT2D eigenvalue weighted by atomic mass is 35.5. The zero-order valence-corrected chi connectivity index (χ0v) is 16.1. The number of rotatable bonds is 5. The summed E-state index contributed by atoms with van der Waals surface area (Å²) in [6, 6.07) is 10.7. The number of amides is 2. The van der Waals surface area contributed by atoms with Gasteiger partial charge in [0.2, 0.25) is 5.91 Å². The summed E-state index contributed by atoms with van der Waals surface area (Å²) in [5.41, 5.74) is 0.664. The summed E-state index contributed by atoms with van der Waals surface area (Å²) in [5.74, 6) is -0.332. The maximum absolute atomic E-state index is 12.5. The van der Waals surface area contributed by atoms with Gasteiger partial charge in [-0.1, -0.05) is 41.6 Å². The predicted molar refractivity (Wildman–Crippen MR) is 109 cm³/mol. The Hall–Kier alpha value is -1.67. The number of thioether (sulfide) groups is 1. The molecule has 0 atom stereocenters. The van der Waals surface area contributed by atoms with E-state index in [0.29, 0.717) is 19.9 Å². The van der Waals surface area contributed by atoms with E-state index in [1.807, 2.05) is 23.6 Å². The number of thiocarbonyl (C=S) groups is 1. The Kier molecular flexibility index (Phi) is 5.90. The monoisotopic (exact) mass is 408 g/mol. The van der Waals surface area contributed by atoms with Crippen molar-refractivity contribution in [3.05, 3.63) is 56.6 Å². The summed E-state index contributed by atoms with van der Waals surface area (Å²) in [6.45, 7) is 0.256. The average molecular weight is 409 g/mol. The van der Waals surface area contributed by atoms with Crippen molar-refractivity contribution < 1.29 is 9.59 Å². The Balaban J connectivity index is 1.57. The summed E-state index contributed by atoms with van der Waals surface area (Å²) < 4.78 is 0.479. The first-order valence-electron chi connectivity index (χ1n) is 7.37. The van der Waals surface area contributed by atoms with E-state index >= 15 is 0 Å². The van der Waals surface area contributed by atoms with Gasteiger partial charge in [0, 0.05) is 28.6 Å². The summed E-state index contributed by atoms with van der Waals surface area (Å²) >= 11 is 13.9. The highest BCUT2D eigenvalue weighted by Gasteiger charge is 2.32. The fourth-order valence-electron chi connectivity index (χ4n) is 2.17. The number of benzene rings is 1. The van der Waals surface area contributed by atoms with E-state index in [2.05, 4.69) is 5.32 Å². The summed E-state index contributed by atoms with van der Waals surface area (Å²) in [7, 11) is 0. The number of nitrogens with zero attached hydrogens (tertiary/aromatic N) is 1. The number of hydrogen-bond acceptors (Lipinski definition) is 5. The first-order chi connectivity index (χ1) is 12.0. The molecule has 1 aliphatic heterocycles. The second-order valence-electron chi connectivity index (χ2n) is 5.15. The molecule has 2 amide bonds. The minimum absolute atomic E-state index is 0.150. The van der Waals surface area contributed by atoms with Crippen molar-refractivity contribution in [3.63, 3.8) is 0 Å². The van der Waals surface area contributed by atoms with Gasteiger partial charge in [-0.3, -0.25) is 14.5 Å². The lowest BCUT2D eigenvalue weighted by molar-refractivity contribution is -0.122. The molecule has 0 radical (unpaired) electrons. The van der Waals surface area contributed by atoms with Crippen molar-refractivity contribution in [1.29, 1.82) is 0 Å². The molecule has 8 heteroatoms. The topological polar surface area (TPSA) is 49.4 Å². The smallest absolute Gasteiger partial charge is 0.266 e. The molecule has 25 heavy (non-hydrogen) atoms. The lowest BCUT2D eigenvalue weighted by atomic mass is 10.3. The largest absolute Gasteiger partial charge is 0.326 e. The van der Waals surface area contributed by atoms with Gasteiger partial charge in [0.1, 0.15) is 4.32 Å². The number of hydrogen-bond donors (Lipinski definition) is 1. The van der Waals surface area contributed by atoms with Crippen molar-refractivity contribution in [2.75, 3.05) is 11.9 Å². The molecular formula is C17H13ClN2O2S3. The lowest BCUT2D eigenvalue weighted by Gasteiger charge is -2.14. The highest BCUT2D eigenvalue weighted by Crippen LogP contribution is 2.33. The number of anilines is 1. The Labute approximate surface area is 163 Å². The quantitative estimate of drug-likeness (QED) is 0.578. The van der Waals surface area contributed by atoms with Crippen LogP contribution in [0.5, 0.6) is 0 Å². The van der Waals surface area contributed by atoms with Gasteiger partial charge in [-0.15, -0.1) is 11.3 Å². The molecule has 1 aliphatic rings. The molecule has 4 nitrogen and oxygen atoms in total. The van der Waals surface area contributed by atoms with E-state index < -0.39 is 0 Å². The third-order valence-electron chi connectivity index (χ3n) is 3.38. The number of carbonyl (C=O) groups excluding carboxylic acids is 2. The number of carbonyl (C=O) groups is 2. The van der Waals surface area contributed by atoms with Crippen LogP contribution >= 0.6 is 46.9 Å². The van der Waals surface area contributed by atoms with Crippen LogP contribution in [-0.2, 0) is 9.59 Å². The van der Waals surface area contributed by atoms with Gasteiger partial charge >= 0.3 is 0 Å². The number of thiophene rings is 1. The molecule has 128 valence electrons. The molecule has 3 rings (SSSR count). The first kappa shape index (κ1) is 18.1. The minimum Gasteiger partial charge on any atom is -0.326 e. The summed E-state index contributed by atoms with van der Waals surface area (Å²) in [6.07, 6.45) is 2.00. The van der Waals surface area contributed by atoms with Crippen LogP contribution < -0.4 is 5.32 Å². The van der Waals surface area contributed by atoms with E-state index in [9.17, 15) is 9.59 Å². The molecule has 0 bridgehead atoms. The standard InChI is InChI=1S/C17H13ClN2O2S3/c18-11-3-5-12(6-4-11)19-15(21)7-8-20-16(22)14(25-17(20)23)10-13-2-1-9-24-13/h1-6,9-10H,7-8H2,(H,19,21)/b14-10-. The van der Waals surface area contributed by atoms with Crippen LogP contribution in [0.25, 0.3) is 6.08 Å². The molecular weight excluding hydrogens is 396 g/mol. The van der Waals surface area contributed by atoms with Crippen molar-refractivity contribution in [2.45, 2.75) is 6.42 Å². The van der Waals surface area contributed by atoms with Crippen molar-refractivity contribution >= 4 is 74.8 Å². The van der Waals surface area contributed by atoms with Crippen LogP contribution in [0.3, 0.4) is 0 Å². The van der Waals surface area contributed by atoms with Crippen molar-refractivity contribution in [1.82, 2.24) is 4.90 Å². The van der Waals surface area contributed by atoms with Gasteiger partial charge in [-0.25, -0.2) is 0 Å². The van der Waals surface area contributed by atoms with Gasteiger partial charge in [-0.2, -0.15) is 0 Å². The number of nitrogens with one attached hydrogen (secondary N) is 1. The third-order valence-corrected chi connectivity index (χ3v) is 5.83. The number of halogens is 1. The maximum Gasteiger partial charge on any atom is 0.266 e. The second-order valence-corrected chi connectivity index (χ2v) is 8.25. The third kappa shape index (κ3) is 4.70. The Bertz CT molecular complexity index is 832. The first-order valence-corrected chi connectivity index (χ1v) is 9.85. The Morgan fingerprint density at radius 2 is 2.04 bits per heavy atom. The minimum atomic E-state index is -0.182. The summed E-state index contributed by atoms with van der Waals surface area (Å²) in [4.78, 5) is 27.6. The zero-order chi connectivity index (χ0) is 17.8. The van der Waals surface area contributed by atoms with Gasteiger partial charge in [-0.05, 0) is 41.8 Å². The molecule has 2 aromatic rings. The lowest BCUT2D eigenvalue weighted by Crippen LogP contribution is -2.31. The molecule has 0 aliphatic carbocycles. The summed E-state index contributed by atoms with van der Waals surface area (Å²) in [5, 5.41) is 5.33. The molecule has 0 unspecified atom stereocenters. The fourth-order valence-corrected chi connectivity index (χ4v) is 4.32. The molecule has 0 spiro atoms. The van der Waals surface area contributed by atoms with Crippen LogP contribution in [0.15, 0.2) is 46.7 Å². The van der Waals surface area contributed by atoms with E-state index in [4.69, 9.17) is 23.8 Å². The molecule has 1 saturated heterocycles. The molecule has 1 aromatic heterocycles. The predicted octanol–water partition coefficient (Wildman–Crippen LogP) is 4.63. The van der Waals surface area contributed by atoms with Gasteiger partial charge < -0.3 is 5.32 Å². The SMILES string of the molecule is O=C(CCN1C(=O)/C(=C/c2cccs2)SC1=S)Nc1ccc(Cl)cc1. The van der Waals surface area contributed by atoms with Crippen LogP contribution in [0, 0.1) is 0 Å². The molecule has 1 N–H and O–H groups in total. The van der Waals surface area contributed by atoms with Crippen LogP contribution in [0.1, 0.15) is 11.3 Å². The van der Waals surface area contributed by atoms with Crippen LogP contribution in [0.4, 0.5) is 5.69 Å². The van der Waals surface area contributed by atoms with E-state index in [-0.39, 0.29) is 24.8 Å². The molecule has 2 heterocycles. The van der Waals surface area contributed by atoms with Crippen molar-refractivity contribution in [2.24, 2.45) is 0 Å². The van der Waals surface area contributed by atoms with E-state index in [1.54, 1.807) is 35.6 Å². The van der Waals surface area contributed by atoms with Gasteiger partial charge in [0.15, 0.2) is 0 Å². The van der Waals surface area contributed by atoms with E-state index in [0.717, 1.165) is 4.88 Å². The Morgan fingerprint density at radius 1 is 1.28 bits per heavy atom. The van der Waals surface area contributed by atoms with Gasteiger partial charge in [0.25, 0.3) is 5.91 Å². The second kappa shape index (κ2) is 8.14. The van der Waals surface area contributed by atoms with E-state index in [1.165, 1.54) is 16.7 Å². The normalized spacial score (nSPS) is 15.9. The molecule has 1 aromatic carbocycles. The van der Waals surface area contributed by atoms with Gasteiger partial charge in [0.05, 0.1) is 4.91 Å². The maximum atomic E-state index is 12.5. The van der Waals surface area contributed by atoms with Crippen LogP contribution in [-0.4, -0.2) is 27.6 Å². The zero-order valence-electron chi connectivity index (χ0n) is 12.9. The van der Waals surface area contributed by atoms with Crippen LogP contribution in [0.2, 0.25) is 5.02 Å². The average Bonchev–Trinajstić information content (AvgIpc) is 3.18. The Morgan fingerprint density at radius 3 is 2.72 bits per heavy atom.